The van der Waals surface area contributed by atoms with Crippen LogP contribution in [0.25, 0.3) is 11.6 Å². The van der Waals surface area contributed by atoms with Gasteiger partial charge in [-0.1, -0.05) is 41.9 Å². The smallest absolute Gasteiger partial charge is 0.390 e. The molecule has 0 unspecified atom stereocenters. The molecule has 1 atom stereocenters. The Bertz CT molecular complexity index is 1520. The van der Waals surface area contributed by atoms with Gasteiger partial charge in [0, 0.05) is 12.1 Å². The van der Waals surface area contributed by atoms with Crippen LogP contribution in [0.1, 0.15) is 55.9 Å². The quantitative estimate of drug-likeness (QED) is 0.223. The van der Waals surface area contributed by atoms with Gasteiger partial charge in [-0.05, 0) is 99.0 Å². The number of rotatable bonds is 7. The lowest BCUT2D eigenvalue weighted by Crippen LogP contribution is -2.40. The van der Waals surface area contributed by atoms with E-state index in [1.807, 2.05) is 0 Å². The number of allylic oxidation sites excluding steroid dienone is 1. The van der Waals surface area contributed by atoms with Crippen LogP contribution >= 0.6 is 11.6 Å². The van der Waals surface area contributed by atoms with Crippen molar-refractivity contribution in [2.75, 3.05) is 10.8 Å². The third kappa shape index (κ3) is 6.70. The first-order chi connectivity index (χ1) is 18.6. The maximum Gasteiger partial charge on any atom is 0.416 e. The number of nitrogens with zero attached hydrogens (tertiary/aromatic N) is 1. The summed E-state index contributed by atoms with van der Waals surface area (Å²) in [6.07, 6.45) is -1.55. The number of fused-ring (bicyclic) bond motifs is 1. The van der Waals surface area contributed by atoms with Crippen LogP contribution in [0.4, 0.5) is 23.2 Å². The van der Waals surface area contributed by atoms with Crippen molar-refractivity contribution in [1.82, 2.24) is 0 Å². The van der Waals surface area contributed by atoms with Gasteiger partial charge in [-0.3, -0.25) is 4.31 Å². The van der Waals surface area contributed by atoms with Gasteiger partial charge in [0.2, 0.25) is 0 Å². The molecule has 1 N–H and O–H groups in total. The van der Waals surface area contributed by atoms with Crippen LogP contribution in [0.5, 0.6) is 0 Å². The molecule has 0 fully saturated rings. The molecule has 0 spiro atoms. The molecule has 0 aliphatic carbocycles. The fourth-order valence-electron chi connectivity index (χ4n) is 4.92. The summed E-state index contributed by atoms with van der Waals surface area (Å²) in [6.45, 7) is 5.06. The number of aliphatic hydroxyl groups is 1. The minimum Gasteiger partial charge on any atom is -0.390 e. The zero-order valence-corrected chi connectivity index (χ0v) is 23.8. The summed E-state index contributed by atoms with van der Waals surface area (Å²) in [5.41, 5.74) is 0.370. The fourth-order valence-corrected chi connectivity index (χ4v) is 6.85. The maximum absolute atomic E-state index is 14.5. The van der Waals surface area contributed by atoms with Crippen LogP contribution in [0, 0.1) is 11.7 Å². The molecule has 4 nitrogen and oxygen atoms in total. The van der Waals surface area contributed by atoms with Gasteiger partial charge >= 0.3 is 6.18 Å². The monoisotopic (exact) mass is 595 g/mol. The lowest BCUT2D eigenvalue weighted by Gasteiger charge is -2.36. The number of hydrogen-bond acceptors (Lipinski definition) is 3. The summed E-state index contributed by atoms with van der Waals surface area (Å²) in [5.74, 6) is -0.664. The molecule has 1 heterocycles. The van der Waals surface area contributed by atoms with Gasteiger partial charge in [0.25, 0.3) is 10.0 Å². The van der Waals surface area contributed by atoms with Crippen LogP contribution in [-0.2, 0) is 22.6 Å². The second kappa shape index (κ2) is 11.2. The fraction of sp³-hybridized carbons (Fsp3) is 0.333. The van der Waals surface area contributed by atoms with E-state index in [4.69, 9.17) is 11.6 Å². The van der Waals surface area contributed by atoms with Crippen LogP contribution in [0.3, 0.4) is 0 Å². The second-order valence-corrected chi connectivity index (χ2v) is 13.1. The van der Waals surface area contributed by atoms with E-state index in [0.29, 0.717) is 47.7 Å². The van der Waals surface area contributed by atoms with Gasteiger partial charge in [0.1, 0.15) is 5.82 Å². The van der Waals surface area contributed by atoms with Crippen LogP contribution in [0.2, 0.25) is 5.02 Å². The first kappa shape index (κ1) is 30.1. The highest BCUT2D eigenvalue weighted by atomic mass is 35.5. The lowest BCUT2D eigenvalue weighted by atomic mass is 9.87. The first-order valence-corrected chi connectivity index (χ1v) is 14.6. The molecule has 0 aromatic heterocycles. The molecule has 0 saturated heterocycles. The summed E-state index contributed by atoms with van der Waals surface area (Å²) in [4.78, 5) is -0.466. The van der Waals surface area contributed by atoms with E-state index in [9.17, 15) is 31.1 Å². The van der Waals surface area contributed by atoms with Gasteiger partial charge < -0.3 is 5.11 Å². The number of benzene rings is 3. The molecule has 0 bridgehead atoms. The number of alkyl halides is 3. The Labute approximate surface area is 237 Å². The minimum absolute atomic E-state index is 0.0347. The van der Waals surface area contributed by atoms with Crippen molar-refractivity contribution in [1.29, 1.82) is 0 Å². The molecule has 40 heavy (non-hydrogen) atoms. The highest BCUT2D eigenvalue weighted by Crippen LogP contribution is 2.39. The van der Waals surface area contributed by atoms with Crippen molar-refractivity contribution >= 4 is 39.0 Å². The average molecular weight is 596 g/mol. The Morgan fingerprint density at radius 2 is 1.80 bits per heavy atom. The third-order valence-electron chi connectivity index (χ3n) is 6.96. The number of sulfonamides is 1. The molecule has 214 valence electrons. The van der Waals surface area contributed by atoms with Crippen LogP contribution < -0.4 is 4.31 Å². The van der Waals surface area contributed by atoms with E-state index in [1.54, 1.807) is 51.1 Å². The van der Waals surface area contributed by atoms with E-state index < -0.39 is 38.1 Å². The third-order valence-corrected chi connectivity index (χ3v) is 9.06. The molecule has 0 radical (unpaired) electrons. The van der Waals surface area contributed by atoms with Crippen molar-refractivity contribution in [3.63, 3.8) is 0 Å². The average Bonchev–Trinajstić information content (AvgIpc) is 2.86. The second-order valence-electron chi connectivity index (χ2n) is 10.8. The molecule has 0 saturated carbocycles. The maximum atomic E-state index is 14.5. The SMILES string of the molecule is C/C(=C\c1ccc2c(c1)N(S(=O)(=O)c1cccc(C(F)(F)F)c1)C[C@H](CCC(C)(C)O)C2)c1c(F)cccc1Cl. The molecular weight excluding hydrogens is 566 g/mol. The summed E-state index contributed by atoms with van der Waals surface area (Å²) in [7, 11) is -4.39. The highest BCUT2D eigenvalue weighted by Gasteiger charge is 2.36. The van der Waals surface area contributed by atoms with Crippen molar-refractivity contribution < 1.29 is 31.1 Å². The zero-order valence-electron chi connectivity index (χ0n) is 22.3. The predicted octanol–water partition coefficient (Wildman–Crippen LogP) is 7.98. The summed E-state index contributed by atoms with van der Waals surface area (Å²) >= 11 is 6.21. The highest BCUT2D eigenvalue weighted by molar-refractivity contribution is 7.92. The number of halogens is 5. The summed E-state index contributed by atoms with van der Waals surface area (Å²) < 4.78 is 83.6. The summed E-state index contributed by atoms with van der Waals surface area (Å²) in [5, 5.41) is 10.5. The molecule has 1 aliphatic heterocycles. The molecule has 3 aromatic carbocycles. The van der Waals surface area contributed by atoms with E-state index in [2.05, 4.69) is 0 Å². The van der Waals surface area contributed by atoms with E-state index >= 15 is 0 Å². The predicted molar refractivity (Wildman–Crippen MR) is 150 cm³/mol. The lowest BCUT2D eigenvalue weighted by molar-refractivity contribution is -0.137. The Morgan fingerprint density at radius 3 is 2.45 bits per heavy atom. The Balaban J connectivity index is 1.80. The zero-order chi connectivity index (χ0) is 29.5. The molecule has 1 aliphatic rings. The Kier molecular flexibility index (Phi) is 8.41. The van der Waals surface area contributed by atoms with Crippen LogP contribution in [-0.4, -0.2) is 25.7 Å². The van der Waals surface area contributed by atoms with E-state index in [-0.39, 0.29) is 23.0 Å². The first-order valence-electron chi connectivity index (χ1n) is 12.7. The molecule has 0 amide bonds. The molecule has 3 aromatic rings. The van der Waals surface area contributed by atoms with E-state index in [1.165, 1.54) is 12.1 Å². The van der Waals surface area contributed by atoms with Gasteiger partial charge in [-0.25, -0.2) is 12.8 Å². The molecular formula is C30H30ClF4NO3S. The van der Waals surface area contributed by atoms with Gasteiger partial charge in [-0.15, -0.1) is 0 Å². The van der Waals surface area contributed by atoms with Crippen molar-refractivity contribution in [2.24, 2.45) is 5.92 Å². The topological polar surface area (TPSA) is 57.6 Å². The van der Waals surface area contributed by atoms with Crippen LogP contribution in [0.15, 0.2) is 65.6 Å². The molecule has 10 heteroatoms. The largest absolute Gasteiger partial charge is 0.416 e. The standard InChI is InChI=1S/C30H30ClF4NO3S/c1-19(28-25(31)8-5-9-26(28)32)14-20-10-11-22-15-21(12-13-29(2,3)37)18-36(27(22)16-20)40(38,39)24-7-4-6-23(17-24)30(33,34)35/h4-11,14,16-17,21,37H,12-13,15,18H2,1-3H3/b19-14+/t21-/m1/s1. The molecule has 4 rings (SSSR count). The van der Waals surface area contributed by atoms with Gasteiger partial charge in [-0.2, -0.15) is 13.2 Å². The minimum atomic E-state index is -4.70. The van der Waals surface area contributed by atoms with Crippen molar-refractivity contribution in [3.05, 3.63) is 93.8 Å². The van der Waals surface area contributed by atoms with E-state index in [0.717, 1.165) is 22.5 Å². The Morgan fingerprint density at radius 1 is 1.10 bits per heavy atom. The van der Waals surface area contributed by atoms with Crippen molar-refractivity contribution in [3.8, 4) is 0 Å². The summed E-state index contributed by atoms with van der Waals surface area (Å²) in [6, 6.07) is 13.3. The van der Waals surface area contributed by atoms with Gasteiger partial charge in [0.05, 0.1) is 26.8 Å². The van der Waals surface area contributed by atoms with Crippen molar-refractivity contribution in [2.45, 2.75) is 56.7 Å². The number of hydrogen-bond donors (Lipinski definition) is 1. The van der Waals surface area contributed by atoms with Gasteiger partial charge in [0.15, 0.2) is 0 Å². The Hall–Kier alpha value is -2.88. The number of anilines is 1. The normalized spacial score (nSPS) is 16.7.